The fourth-order valence-corrected chi connectivity index (χ4v) is 6.25. The molecule has 0 saturated carbocycles. The van der Waals surface area contributed by atoms with E-state index in [9.17, 15) is 19.3 Å². The molecule has 14 nitrogen and oxygen atoms in total. The van der Waals surface area contributed by atoms with Gasteiger partial charge in [-0.2, -0.15) is 0 Å². The first-order chi connectivity index (χ1) is 19.0. The standard InChI is InChI=1S/C23H35ClFN6O8PS/c1-12(2)38-19(33)13(3)30-40(35,36-7-8-41-21(34)22(4,5)6)37-9-14-16(32)23(24,25)20(39-14)31-11-29-15-17(26)27-10-28-18(15)31/h10-14,16,20,32H,7-9H2,1-6H3,(H,30,35)(H2,26,27,28)/t13-,14-,16-,20-,23-,40-/m1/s1. The second kappa shape index (κ2) is 13.2. The quantitative estimate of drug-likeness (QED) is 0.133. The highest BCUT2D eigenvalue weighted by Gasteiger charge is 2.58. The summed E-state index contributed by atoms with van der Waals surface area (Å²) in [6, 6.07) is -1.13. The molecule has 3 rings (SSSR count). The van der Waals surface area contributed by atoms with E-state index in [0.717, 1.165) is 22.7 Å². The Kier molecular flexibility index (Phi) is 10.8. The number of aliphatic hydroxyl groups is 1. The van der Waals surface area contributed by atoms with E-state index in [1.807, 2.05) is 0 Å². The second-order valence-corrected chi connectivity index (χ2v) is 14.0. The van der Waals surface area contributed by atoms with Gasteiger partial charge in [0.2, 0.25) is 0 Å². The average molecular weight is 641 g/mol. The summed E-state index contributed by atoms with van der Waals surface area (Å²) >= 11 is 7.05. The number of aromatic nitrogens is 4. The minimum Gasteiger partial charge on any atom is -0.462 e. The molecule has 2 aromatic rings. The van der Waals surface area contributed by atoms with Gasteiger partial charge in [0.15, 0.2) is 22.8 Å². The Balaban J connectivity index is 1.74. The van der Waals surface area contributed by atoms with Crippen molar-refractivity contribution >= 4 is 59.2 Å². The van der Waals surface area contributed by atoms with Crippen molar-refractivity contribution in [1.82, 2.24) is 24.6 Å². The summed E-state index contributed by atoms with van der Waals surface area (Å²) in [5.41, 5.74) is 5.48. The number of nitrogens with zero attached hydrogens (tertiary/aromatic N) is 4. The number of carbonyl (C=O) groups is 2. The van der Waals surface area contributed by atoms with Gasteiger partial charge < -0.3 is 20.3 Å². The molecule has 3 heterocycles. The van der Waals surface area contributed by atoms with Crippen LogP contribution in [0.15, 0.2) is 12.7 Å². The van der Waals surface area contributed by atoms with Gasteiger partial charge in [-0.25, -0.2) is 29.0 Å². The summed E-state index contributed by atoms with van der Waals surface area (Å²) in [4.78, 5) is 36.4. The smallest absolute Gasteiger partial charge is 0.406 e. The Labute approximate surface area is 245 Å². The Morgan fingerprint density at radius 3 is 2.63 bits per heavy atom. The first-order valence-corrected chi connectivity index (χ1v) is 15.6. The molecule has 0 amide bonds. The lowest BCUT2D eigenvalue weighted by Gasteiger charge is -2.25. The SMILES string of the molecule is CC(C)OC(=O)[C@@H](C)N[P@@](=O)(OCCSC(=O)C(C)(C)C)OC[C@H]1O[C@@H](n2cnc3c(N)ncnc32)[C@@](F)(Cl)[C@@H]1O. The van der Waals surface area contributed by atoms with Gasteiger partial charge in [0.05, 0.1) is 25.6 Å². The van der Waals surface area contributed by atoms with Crippen LogP contribution in [0.4, 0.5) is 10.2 Å². The third-order valence-corrected chi connectivity index (χ3v) is 9.05. The van der Waals surface area contributed by atoms with E-state index in [2.05, 4.69) is 20.0 Å². The minimum absolute atomic E-state index is 0.0443. The topological polar surface area (TPSA) is 190 Å². The summed E-state index contributed by atoms with van der Waals surface area (Å²) in [6.07, 6.45) is -3.13. The highest BCUT2D eigenvalue weighted by Crippen LogP contribution is 2.49. The number of rotatable bonds is 12. The Morgan fingerprint density at radius 1 is 1.32 bits per heavy atom. The first kappa shape index (κ1) is 33.6. The predicted octanol–water partition coefficient (Wildman–Crippen LogP) is 2.95. The molecule has 18 heteroatoms. The number of ether oxygens (including phenoxy) is 2. The van der Waals surface area contributed by atoms with Crippen LogP contribution in [-0.4, -0.2) is 84.2 Å². The fraction of sp³-hybridized carbons (Fsp3) is 0.696. The molecule has 41 heavy (non-hydrogen) atoms. The van der Waals surface area contributed by atoms with E-state index in [4.69, 9.17) is 35.9 Å². The van der Waals surface area contributed by atoms with Crippen LogP contribution in [0.25, 0.3) is 11.2 Å². The lowest BCUT2D eigenvalue weighted by Crippen LogP contribution is -2.39. The number of fused-ring (bicyclic) bond motifs is 1. The molecule has 1 fully saturated rings. The molecule has 6 atom stereocenters. The van der Waals surface area contributed by atoms with Crippen molar-refractivity contribution in [2.75, 3.05) is 24.7 Å². The number of halogens is 2. The third-order valence-electron chi connectivity index (χ3n) is 5.68. The van der Waals surface area contributed by atoms with Crippen molar-refractivity contribution in [1.29, 1.82) is 0 Å². The van der Waals surface area contributed by atoms with Crippen LogP contribution in [0.5, 0.6) is 0 Å². The van der Waals surface area contributed by atoms with Crippen molar-refractivity contribution in [3.05, 3.63) is 12.7 Å². The number of esters is 1. The Hall–Kier alpha value is -1.91. The summed E-state index contributed by atoms with van der Waals surface area (Å²) in [5, 5.41) is 10.2. The molecule has 0 bridgehead atoms. The molecule has 0 aliphatic carbocycles. The number of hydrogen-bond acceptors (Lipinski definition) is 13. The maximum absolute atomic E-state index is 15.6. The average Bonchev–Trinajstić information content (AvgIpc) is 3.38. The van der Waals surface area contributed by atoms with Gasteiger partial charge in [0.1, 0.15) is 30.1 Å². The van der Waals surface area contributed by atoms with Gasteiger partial charge in [-0.05, 0) is 20.8 Å². The van der Waals surface area contributed by atoms with Crippen LogP contribution >= 0.6 is 31.1 Å². The highest BCUT2D eigenvalue weighted by atomic mass is 35.5. The van der Waals surface area contributed by atoms with Crippen molar-refractivity contribution in [3.8, 4) is 0 Å². The number of hydrogen-bond donors (Lipinski definition) is 3. The number of anilines is 1. The zero-order valence-corrected chi connectivity index (χ0v) is 25.9. The number of alkyl halides is 2. The molecule has 230 valence electrons. The van der Waals surface area contributed by atoms with Crippen LogP contribution in [0.3, 0.4) is 0 Å². The normalized spacial score (nSPS) is 25.4. The molecule has 1 aliphatic heterocycles. The summed E-state index contributed by atoms with van der Waals surface area (Å²) in [6.45, 7) is 9.10. The molecule has 2 aromatic heterocycles. The summed E-state index contributed by atoms with van der Waals surface area (Å²) in [5.74, 6) is -0.546. The lowest BCUT2D eigenvalue weighted by molar-refractivity contribution is -0.149. The van der Waals surface area contributed by atoms with Crippen LogP contribution < -0.4 is 10.8 Å². The van der Waals surface area contributed by atoms with E-state index < -0.39 is 61.4 Å². The van der Waals surface area contributed by atoms with Crippen molar-refractivity contribution in [3.63, 3.8) is 0 Å². The largest absolute Gasteiger partial charge is 0.462 e. The van der Waals surface area contributed by atoms with Gasteiger partial charge in [0, 0.05) is 11.2 Å². The van der Waals surface area contributed by atoms with E-state index in [1.54, 1.807) is 34.6 Å². The fourth-order valence-electron chi connectivity index (χ4n) is 3.56. The molecule has 0 unspecified atom stereocenters. The van der Waals surface area contributed by atoms with Crippen molar-refractivity contribution < 1.29 is 42.2 Å². The van der Waals surface area contributed by atoms with Gasteiger partial charge in [-0.15, -0.1) is 0 Å². The first-order valence-electron chi connectivity index (χ1n) is 12.6. The summed E-state index contributed by atoms with van der Waals surface area (Å²) < 4.78 is 52.1. The lowest BCUT2D eigenvalue weighted by atomic mass is 10.00. The highest BCUT2D eigenvalue weighted by molar-refractivity contribution is 8.13. The number of imidazole rings is 1. The van der Waals surface area contributed by atoms with Crippen LogP contribution in [0.2, 0.25) is 0 Å². The molecule has 0 spiro atoms. The second-order valence-electron chi connectivity index (χ2n) is 10.6. The van der Waals surface area contributed by atoms with E-state index >= 15 is 4.39 Å². The van der Waals surface area contributed by atoms with Gasteiger partial charge in [-0.3, -0.25) is 23.2 Å². The maximum atomic E-state index is 15.6. The number of carbonyl (C=O) groups excluding carboxylic acids is 2. The number of aliphatic hydroxyl groups excluding tert-OH is 1. The molecular weight excluding hydrogens is 606 g/mol. The van der Waals surface area contributed by atoms with Gasteiger partial charge in [0.25, 0.3) is 5.13 Å². The molecular formula is C23H35ClFN6O8PS. The molecule has 0 radical (unpaired) electrons. The zero-order chi connectivity index (χ0) is 30.8. The van der Waals surface area contributed by atoms with Gasteiger partial charge in [-0.1, -0.05) is 44.1 Å². The van der Waals surface area contributed by atoms with E-state index in [-0.39, 0.29) is 34.5 Å². The molecule has 1 aliphatic rings. The molecule has 0 aromatic carbocycles. The summed E-state index contributed by atoms with van der Waals surface area (Å²) in [7, 11) is -4.31. The van der Waals surface area contributed by atoms with E-state index in [0.29, 0.717) is 0 Å². The van der Waals surface area contributed by atoms with Crippen molar-refractivity contribution in [2.24, 2.45) is 5.41 Å². The number of nitrogens with one attached hydrogen (secondary N) is 1. The monoisotopic (exact) mass is 640 g/mol. The van der Waals surface area contributed by atoms with Gasteiger partial charge >= 0.3 is 13.7 Å². The van der Waals surface area contributed by atoms with Crippen molar-refractivity contribution in [2.45, 2.75) is 77.3 Å². The van der Waals surface area contributed by atoms with E-state index in [1.165, 1.54) is 13.3 Å². The zero-order valence-electron chi connectivity index (χ0n) is 23.4. The molecule has 1 saturated heterocycles. The molecule has 4 N–H and O–H groups in total. The number of nitrogen functional groups attached to an aromatic ring is 1. The van der Waals surface area contributed by atoms with Crippen LogP contribution in [0.1, 0.15) is 47.8 Å². The maximum Gasteiger partial charge on any atom is 0.406 e. The number of thioether (sulfide) groups is 1. The predicted molar refractivity (Wildman–Crippen MR) is 150 cm³/mol. The number of nitrogens with two attached hydrogens (primary N) is 1. The Morgan fingerprint density at radius 2 is 2.00 bits per heavy atom. The Bertz CT molecular complexity index is 1290. The van der Waals surface area contributed by atoms with Crippen LogP contribution in [-0.2, 0) is 32.7 Å². The third kappa shape index (κ3) is 8.14. The van der Waals surface area contributed by atoms with Crippen LogP contribution in [0, 0.1) is 5.41 Å². The minimum atomic E-state index is -4.31.